The summed E-state index contributed by atoms with van der Waals surface area (Å²) in [5, 5.41) is 5.10. The molecular formula is C24H29N3O2S. The summed E-state index contributed by atoms with van der Waals surface area (Å²) in [4.78, 5) is 5.82. The number of ether oxygens (including phenoxy) is 2. The lowest BCUT2D eigenvalue weighted by molar-refractivity contribution is 0.285. The van der Waals surface area contributed by atoms with Gasteiger partial charge in [0.2, 0.25) is 5.13 Å². The molecule has 0 unspecified atom stereocenters. The van der Waals surface area contributed by atoms with Crippen molar-refractivity contribution in [3.8, 4) is 22.8 Å². The van der Waals surface area contributed by atoms with Crippen LogP contribution in [0.1, 0.15) is 43.0 Å². The van der Waals surface area contributed by atoms with E-state index >= 15 is 0 Å². The van der Waals surface area contributed by atoms with Gasteiger partial charge in [-0.1, -0.05) is 56.5 Å². The van der Waals surface area contributed by atoms with Crippen LogP contribution in [0.4, 0.5) is 5.13 Å². The van der Waals surface area contributed by atoms with Crippen molar-refractivity contribution in [3.05, 3.63) is 59.0 Å². The quantitative estimate of drug-likeness (QED) is 0.216. The van der Waals surface area contributed by atoms with Crippen LogP contribution in [-0.4, -0.2) is 24.9 Å². The molecule has 158 valence electrons. The third-order valence-electron chi connectivity index (χ3n) is 4.66. The fourth-order valence-electron chi connectivity index (χ4n) is 3.06. The molecule has 0 saturated carbocycles. The second-order valence-corrected chi connectivity index (χ2v) is 8.18. The van der Waals surface area contributed by atoms with Crippen LogP contribution in [0.2, 0.25) is 0 Å². The Hall–Kier alpha value is -2.86. The lowest BCUT2D eigenvalue weighted by Gasteiger charge is -2.11. The Bertz CT molecular complexity index is 954. The fourth-order valence-corrected chi connectivity index (χ4v) is 3.85. The number of thiazole rings is 1. The number of anilines is 1. The van der Waals surface area contributed by atoms with Gasteiger partial charge >= 0.3 is 0 Å². The van der Waals surface area contributed by atoms with Crippen LogP contribution in [0.3, 0.4) is 0 Å². The topological polar surface area (TPSA) is 55.7 Å². The zero-order valence-corrected chi connectivity index (χ0v) is 18.7. The second kappa shape index (κ2) is 11.4. The zero-order valence-electron chi connectivity index (χ0n) is 17.9. The number of nitrogens with zero attached hydrogens (tertiary/aromatic N) is 2. The van der Waals surface area contributed by atoms with Crippen LogP contribution < -0.4 is 14.9 Å². The van der Waals surface area contributed by atoms with Crippen LogP contribution >= 0.6 is 11.3 Å². The minimum atomic E-state index is 0.707. The lowest BCUT2D eigenvalue weighted by Crippen LogP contribution is -2.00. The van der Waals surface area contributed by atoms with Crippen molar-refractivity contribution >= 4 is 22.7 Å². The van der Waals surface area contributed by atoms with Gasteiger partial charge in [0.1, 0.15) is 0 Å². The molecule has 0 aliphatic heterocycles. The number of aryl methyl sites for hydroxylation is 1. The number of methoxy groups -OCH3 is 1. The molecule has 0 atom stereocenters. The molecule has 0 fully saturated rings. The molecule has 5 nitrogen and oxygen atoms in total. The molecule has 1 heterocycles. The van der Waals surface area contributed by atoms with Crippen molar-refractivity contribution in [1.29, 1.82) is 0 Å². The molecule has 30 heavy (non-hydrogen) atoms. The molecule has 3 rings (SSSR count). The normalized spacial score (nSPS) is 11.0. The third-order valence-corrected chi connectivity index (χ3v) is 5.54. The molecule has 0 aliphatic rings. The average Bonchev–Trinajstić information content (AvgIpc) is 3.15. The monoisotopic (exact) mass is 423 g/mol. The van der Waals surface area contributed by atoms with Gasteiger partial charge in [-0.25, -0.2) is 4.98 Å². The van der Waals surface area contributed by atoms with E-state index in [-0.39, 0.29) is 0 Å². The molecular weight excluding hydrogens is 394 g/mol. The predicted molar refractivity (Wildman–Crippen MR) is 126 cm³/mol. The van der Waals surface area contributed by atoms with Gasteiger partial charge in [0.05, 0.1) is 25.6 Å². The van der Waals surface area contributed by atoms with E-state index in [9.17, 15) is 0 Å². The van der Waals surface area contributed by atoms with Gasteiger partial charge < -0.3 is 9.47 Å². The van der Waals surface area contributed by atoms with Crippen LogP contribution in [0.15, 0.2) is 53.6 Å². The fraction of sp³-hybridized carbons (Fsp3) is 0.333. The smallest absolute Gasteiger partial charge is 0.204 e. The molecule has 0 bridgehead atoms. The Morgan fingerprint density at radius 3 is 2.67 bits per heavy atom. The van der Waals surface area contributed by atoms with Gasteiger partial charge in [-0.15, -0.1) is 11.3 Å². The number of hydrazone groups is 1. The molecule has 2 aromatic carbocycles. The van der Waals surface area contributed by atoms with Gasteiger partial charge in [0.15, 0.2) is 11.5 Å². The van der Waals surface area contributed by atoms with E-state index in [0.29, 0.717) is 12.4 Å². The van der Waals surface area contributed by atoms with Crippen molar-refractivity contribution < 1.29 is 9.47 Å². The summed E-state index contributed by atoms with van der Waals surface area (Å²) in [5.41, 5.74) is 6.06. The Morgan fingerprint density at radius 1 is 1.07 bits per heavy atom. The lowest BCUT2D eigenvalue weighted by atomic mass is 10.1. The summed E-state index contributed by atoms with van der Waals surface area (Å²) < 4.78 is 11.3. The maximum Gasteiger partial charge on any atom is 0.204 e. The van der Waals surface area contributed by atoms with Crippen molar-refractivity contribution in [3.63, 3.8) is 0 Å². The Kier molecular flexibility index (Phi) is 8.27. The van der Waals surface area contributed by atoms with E-state index < -0.39 is 0 Å². The van der Waals surface area contributed by atoms with Crippen LogP contribution in [0.5, 0.6) is 11.5 Å². The number of hydrogen-bond donors (Lipinski definition) is 1. The summed E-state index contributed by atoms with van der Waals surface area (Å²) in [6.45, 7) is 4.98. The van der Waals surface area contributed by atoms with E-state index in [1.165, 1.54) is 19.3 Å². The predicted octanol–water partition coefficient (Wildman–Crippen LogP) is 6.53. The number of unbranched alkanes of at least 4 members (excludes halogenated alkanes) is 3. The number of nitrogens with one attached hydrogen (secondary N) is 1. The van der Waals surface area contributed by atoms with E-state index in [2.05, 4.69) is 41.5 Å². The first-order valence-corrected chi connectivity index (χ1v) is 11.2. The third kappa shape index (κ3) is 6.07. The van der Waals surface area contributed by atoms with Gasteiger partial charge in [-0.05, 0) is 37.1 Å². The van der Waals surface area contributed by atoms with Crippen molar-refractivity contribution in [2.45, 2.75) is 39.5 Å². The summed E-state index contributed by atoms with van der Waals surface area (Å²) in [7, 11) is 1.65. The van der Waals surface area contributed by atoms with E-state index in [1.807, 2.05) is 36.4 Å². The molecule has 3 aromatic rings. The van der Waals surface area contributed by atoms with E-state index in [0.717, 1.165) is 39.0 Å². The number of rotatable bonds is 11. The minimum absolute atomic E-state index is 0.707. The van der Waals surface area contributed by atoms with E-state index in [4.69, 9.17) is 9.47 Å². The Labute approximate surface area is 182 Å². The first-order valence-electron chi connectivity index (χ1n) is 10.3. The maximum atomic E-state index is 5.87. The van der Waals surface area contributed by atoms with Gasteiger partial charge in [0, 0.05) is 10.4 Å². The molecule has 0 amide bonds. The molecule has 6 heteroatoms. The maximum absolute atomic E-state index is 5.87. The van der Waals surface area contributed by atoms with Gasteiger partial charge in [-0.3, -0.25) is 5.43 Å². The summed E-state index contributed by atoms with van der Waals surface area (Å²) in [6.07, 6.45) is 6.47. The standard InChI is InChI=1S/C24H29N3O2S/c1-4-5-6-10-15-29-21-14-13-19(16-22(21)28-3)17-25-27-24-26-23(18(2)30-24)20-11-8-7-9-12-20/h7-9,11-14,16-17H,4-6,10,15H2,1-3H3,(H,26,27)/b25-17-. The first kappa shape index (κ1) is 21.8. The Balaban J connectivity index is 1.60. The first-order chi connectivity index (χ1) is 14.7. The summed E-state index contributed by atoms with van der Waals surface area (Å²) in [5.74, 6) is 1.48. The average molecular weight is 424 g/mol. The van der Waals surface area contributed by atoms with Crippen molar-refractivity contribution in [2.75, 3.05) is 19.1 Å². The molecule has 1 aromatic heterocycles. The van der Waals surface area contributed by atoms with Crippen LogP contribution in [0.25, 0.3) is 11.3 Å². The van der Waals surface area contributed by atoms with Crippen molar-refractivity contribution in [1.82, 2.24) is 4.98 Å². The molecule has 0 aliphatic carbocycles. The number of aromatic nitrogens is 1. The second-order valence-electron chi connectivity index (χ2n) is 6.98. The van der Waals surface area contributed by atoms with Gasteiger partial charge in [-0.2, -0.15) is 5.10 Å². The Morgan fingerprint density at radius 2 is 1.90 bits per heavy atom. The highest BCUT2D eigenvalue weighted by Crippen LogP contribution is 2.30. The zero-order chi connectivity index (χ0) is 21.2. The number of hydrogen-bond acceptors (Lipinski definition) is 6. The SMILES string of the molecule is CCCCCCOc1ccc(/C=N\Nc2nc(-c3ccccc3)c(C)s2)cc1OC. The largest absolute Gasteiger partial charge is 0.493 e. The van der Waals surface area contributed by atoms with Crippen LogP contribution in [-0.2, 0) is 0 Å². The van der Waals surface area contributed by atoms with E-state index in [1.54, 1.807) is 24.7 Å². The number of benzene rings is 2. The van der Waals surface area contributed by atoms with Crippen LogP contribution in [0, 0.1) is 6.92 Å². The summed E-state index contributed by atoms with van der Waals surface area (Å²) >= 11 is 1.59. The molecule has 0 spiro atoms. The molecule has 0 saturated heterocycles. The molecule has 0 radical (unpaired) electrons. The minimum Gasteiger partial charge on any atom is -0.493 e. The molecule has 1 N–H and O–H groups in total. The highest BCUT2D eigenvalue weighted by Gasteiger charge is 2.09. The summed E-state index contributed by atoms with van der Waals surface area (Å²) in [6, 6.07) is 16.0. The van der Waals surface area contributed by atoms with Crippen molar-refractivity contribution in [2.24, 2.45) is 5.10 Å². The highest BCUT2D eigenvalue weighted by molar-refractivity contribution is 7.15. The van der Waals surface area contributed by atoms with Gasteiger partial charge in [0.25, 0.3) is 0 Å². The highest BCUT2D eigenvalue weighted by atomic mass is 32.1.